The Labute approximate surface area is 198 Å². The van der Waals surface area contributed by atoms with Crippen LogP contribution in [0.2, 0.25) is 0 Å². The first-order valence-electron chi connectivity index (χ1n) is 12.0. The highest BCUT2D eigenvalue weighted by Gasteiger charge is 2.23. The Morgan fingerprint density at radius 3 is 2.21 bits per heavy atom. The summed E-state index contributed by atoms with van der Waals surface area (Å²) in [4.78, 5) is 24.2. The van der Waals surface area contributed by atoms with Gasteiger partial charge in [0.25, 0.3) is 5.91 Å². The molecule has 1 saturated heterocycles. The number of piperidine rings is 1. The van der Waals surface area contributed by atoms with Crippen molar-refractivity contribution in [2.24, 2.45) is 5.92 Å². The second-order valence-electron chi connectivity index (χ2n) is 10.6. The van der Waals surface area contributed by atoms with E-state index in [1.807, 2.05) is 41.7 Å². The van der Waals surface area contributed by atoms with E-state index in [9.17, 15) is 4.79 Å². The summed E-state index contributed by atoms with van der Waals surface area (Å²) in [5.74, 6) is 0.859. The number of carbonyl (C=O) groups is 1. The Morgan fingerprint density at radius 2 is 1.58 bits per heavy atom. The molecule has 172 valence electrons. The third-order valence-corrected chi connectivity index (χ3v) is 6.74. The first-order chi connectivity index (χ1) is 15.6. The molecule has 0 saturated carbocycles. The maximum absolute atomic E-state index is 13.1. The molecule has 0 aliphatic carbocycles. The van der Waals surface area contributed by atoms with Crippen LogP contribution in [-0.2, 0) is 5.41 Å². The van der Waals surface area contributed by atoms with Crippen LogP contribution in [0.3, 0.4) is 0 Å². The van der Waals surface area contributed by atoms with Crippen molar-refractivity contribution in [3.8, 4) is 22.3 Å². The molecule has 1 fully saturated rings. The smallest absolute Gasteiger partial charge is 0.253 e. The molecule has 4 heteroatoms. The first-order valence-corrected chi connectivity index (χ1v) is 12.0. The molecule has 4 nitrogen and oxygen atoms in total. The van der Waals surface area contributed by atoms with Gasteiger partial charge in [-0.05, 0) is 85.2 Å². The summed E-state index contributed by atoms with van der Waals surface area (Å²) in [6.07, 6.45) is 7.88. The number of aryl methyl sites for hydroxylation is 2. The summed E-state index contributed by atoms with van der Waals surface area (Å²) in [6.45, 7) is 14.7. The van der Waals surface area contributed by atoms with Gasteiger partial charge in [0.2, 0.25) is 0 Å². The molecule has 2 aromatic heterocycles. The van der Waals surface area contributed by atoms with E-state index in [0.717, 1.165) is 70.6 Å². The summed E-state index contributed by atoms with van der Waals surface area (Å²) in [6, 6.07) is 10.5. The van der Waals surface area contributed by atoms with E-state index in [4.69, 9.17) is 0 Å². The number of nitrogens with zero attached hydrogens (tertiary/aromatic N) is 3. The molecule has 0 unspecified atom stereocenters. The molecule has 1 amide bonds. The quantitative estimate of drug-likeness (QED) is 0.460. The van der Waals surface area contributed by atoms with Crippen LogP contribution in [0.1, 0.15) is 67.7 Å². The normalized spacial score (nSPS) is 15.0. The van der Waals surface area contributed by atoms with Crippen molar-refractivity contribution in [3.05, 3.63) is 71.3 Å². The lowest BCUT2D eigenvalue weighted by Crippen LogP contribution is -2.38. The molecule has 33 heavy (non-hydrogen) atoms. The average Bonchev–Trinajstić information content (AvgIpc) is 2.78. The van der Waals surface area contributed by atoms with Crippen LogP contribution >= 0.6 is 0 Å². The zero-order valence-corrected chi connectivity index (χ0v) is 20.8. The van der Waals surface area contributed by atoms with Crippen molar-refractivity contribution >= 4 is 5.91 Å². The van der Waals surface area contributed by atoms with Gasteiger partial charge in [0.1, 0.15) is 0 Å². The zero-order chi connectivity index (χ0) is 23.8. The molecule has 1 aliphatic rings. The van der Waals surface area contributed by atoms with Crippen molar-refractivity contribution in [1.82, 2.24) is 14.9 Å². The van der Waals surface area contributed by atoms with Gasteiger partial charge in [-0.25, -0.2) is 0 Å². The maximum Gasteiger partial charge on any atom is 0.253 e. The van der Waals surface area contributed by atoms with Gasteiger partial charge in [-0.3, -0.25) is 14.8 Å². The second kappa shape index (κ2) is 9.09. The minimum atomic E-state index is -0.0109. The number of rotatable bonds is 3. The molecule has 0 radical (unpaired) electrons. The average molecular weight is 442 g/mol. The van der Waals surface area contributed by atoms with E-state index in [-0.39, 0.29) is 11.3 Å². The van der Waals surface area contributed by atoms with Gasteiger partial charge in [-0.2, -0.15) is 0 Å². The standard InChI is InChI=1S/C29H35N3O/c1-19-8-11-32(12-9-19)28(33)23-13-20(2)27(21(3)14-23)25-15-24(17-30-18-25)22-7-10-31-26(16-22)29(4,5)6/h7,10,13-19H,8-9,11-12H2,1-6H3. The fraction of sp³-hybridized carbons (Fsp3) is 0.414. The zero-order valence-electron chi connectivity index (χ0n) is 20.8. The van der Waals surface area contributed by atoms with Gasteiger partial charge in [0.15, 0.2) is 0 Å². The number of hydrogen-bond acceptors (Lipinski definition) is 3. The number of aromatic nitrogens is 2. The largest absolute Gasteiger partial charge is 0.339 e. The molecule has 4 rings (SSSR count). The Bertz CT molecular complexity index is 1140. The Balaban J connectivity index is 1.66. The highest BCUT2D eigenvalue weighted by molar-refractivity contribution is 5.96. The molecule has 0 spiro atoms. The molecule has 1 aromatic carbocycles. The SMILES string of the molecule is Cc1cc(C(=O)N2CCC(C)CC2)cc(C)c1-c1cncc(-c2ccnc(C(C)(C)C)c2)c1. The van der Waals surface area contributed by atoms with Crippen LogP contribution < -0.4 is 0 Å². The van der Waals surface area contributed by atoms with Crippen LogP contribution in [0.5, 0.6) is 0 Å². The van der Waals surface area contributed by atoms with Gasteiger partial charge in [-0.1, -0.05) is 27.7 Å². The molecule has 0 N–H and O–H groups in total. The summed E-state index contributed by atoms with van der Waals surface area (Å²) in [5, 5.41) is 0. The van der Waals surface area contributed by atoms with E-state index in [1.165, 1.54) is 0 Å². The van der Waals surface area contributed by atoms with Crippen molar-refractivity contribution < 1.29 is 4.79 Å². The summed E-state index contributed by atoms with van der Waals surface area (Å²) in [7, 11) is 0. The maximum atomic E-state index is 13.1. The predicted molar refractivity (Wildman–Crippen MR) is 135 cm³/mol. The second-order valence-corrected chi connectivity index (χ2v) is 10.6. The molecule has 0 bridgehead atoms. The number of benzene rings is 1. The van der Waals surface area contributed by atoms with Crippen LogP contribution in [0.15, 0.2) is 48.9 Å². The highest BCUT2D eigenvalue weighted by atomic mass is 16.2. The van der Waals surface area contributed by atoms with Gasteiger partial charge >= 0.3 is 0 Å². The number of pyridine rings is 2. The van der Waals surface area contributed by atoms with E-state index >= 15 is 0 Å². The minimum Gasteiger partial charge on any atom is -0.339 e. The Kier molecular flexibility index (Phi) is 6.38. The van der Waals surface area contributed by atoms with E-state index < -0.39 is 0 Å². The lowest BCUT2D eigenvalue weighted by atomic mass is 9.89. The van der Waals surface area contributed by atoms with Gasteiger partial charge in [0, 0.05) is 59.5 Å². The summed E-state index contributed by atoms with van der Waals surface area (Å²) < 4.78 is 0. The third kappa shape index (κ3) is 5.00. The molecule has 3 heterocycles. The van der Waals surface area contributed by atoms with Crippen molar-refractivity contribution in [1.29, 1.82) is 0 Å². The Hall–Kier alpha value is -3.01. The molecule has 0 atom stereocenters. The van der Waals surface area contributed by atoms with Crippen LogP contribution in [-0.4, -0.2) is 33.9 Å². The topological polar surface area (TPSA) is 46.1 Å². The van der Waals surface area contributed by atoms with Gasteiger partial charge in [0.05, 0.1) is 0 Å². The third-order valence-electron chi connectivity index (χ3n) is 6.74. The van der Waals surface area contributed by atoms with E-state index in [0.29, 0.717) is 5.92 Å². The van der Waals surface area contributed by atoms with Crippen molar-refractivity contribution in [2.45, 2.75) is 59.8 Å². The number of hydrogen-bond donors (Lipinski definition) is 0. The fourth-order valence-corrected chi connectivity index (χ4v) is 4.69. The van der Waals surface area contributed by atoms with E-state index in [1.54, 1.807) is 0 Å². The molecule has 1 aliphatic heterocycles. The fourth-order valence-electron chi connectivity index (χ4n) is 4.69. The number of amides is 1. The monoisotopic (exact) mass is 441 g/mol. The summed E-state index contributed by atoms with van der Waals surface area (Å²) in [5.41, 5.74) is 8.46. The Morgan fingerprint density at radius 1 is 0.939 bits per heavy atom. The lowest BCUT2D eigenvalue weighted by Gasteiger charge is -2.30. The molecule has 3 aromatic rings. The minimum absolute atomic E-state index is 0.0109. The molecular weight excluding hydrogens is 406 g/mol. The van der Waals surface area contributed by atoms with Crippen LogP contribution in [0.4, 0.5) is 0 Å². The lowest BCUT2D eigenvalue weighted by molar-refractivity contribution is 0.0697. The summed E-state index contributed by atoms with van der Waals surface area (Å²) >= 11 is 0. The highest BCUT2D eigenvalue weighted by Crippen LogP contribution is 2.32. The predicted octanol–water partition coefficient (Wildman–Crippen LogP) is 6.60. The van der Waals surface area contributed by atoms with Crippen LogP contribution in [0, 0.1) is 19.8 Å². The number of carbonyl (C=O) groups excluding carboxylic acids is 1. The van der Waals surface area contributed by atoms with E-state index in [2.05, 4.69) is 63.6 Å². The van der Waals surface area contributed by atoms with Crippen LogP contribution in [0.25, 0.3) is 22.3 Å². The van der Waals surface area contributed by atoms with Crippen molar-refractivity contribution in [3.63, 3.8) is 0 Å². The van der Waals surface area contributed by atoms with Gasteiger partial charge in [-0.15, -0.1) is 0 Å². The van der Waals surface area contributed by atoms with Crippen molar-refractivity contribution in [2.75, 3.05) is 13.1 Å². The number of likely N-dealkylation sites (tertiary alicyclic amines) is 1. The van der Waals surface area contributed by atoms with Gasteiger partial charge < -0.3 is 4.90 Å². The first kappa shape index (κ1) is 23.2. The molecular formula is C29H35N3O.